The molecule has 4 nitrogen and oxygen atoms in total. The van der Waals surface area contributed by atoms with Gasteiger partial charge in [-0.3, -0.25) is 9.69 Å². The molecule has 2 unspecified atom stereocenters. The number of hydrogen-bond donors (Lipinski definition) is 1. The largest absolute Gasteiger partial charge is 0.329 e. The summed E-state index contributed by atoms with van der Waals surface area (Å²) in [6.07, 6.45) is 3.53. The van der Waals surface area contributed by atoms with Gasteiger partial charge in [0.15, 0.2) is 0 Å². The van der Waals surface area contributed by atoms with Crippen molar-refractivity contribution in [3.63, 3.8) is 0 Å². The van der Waals surface area contributed by atoms with Gasteiger partial charge in [0.1, 0.15) is 0 Å². The van der Waals surface area contributed by atoms with Crippen molar-refractivity contribution in [2.45, 2.75) is 26.2 Å². The number of hydrogen-bond acceptors (Lipinski definition) is 2. The molecule has 1 saturated carbocycles. The SMILES string of the molecule is CC1CCC(CN2C(=O)CNC2=O)C1. The van der Waals surface area contributed by atoms with Gasteiger partial charge in [0.25, 0.3) is 0 Å². The van der Waals surface area contributed by atoms with Crippen molar-refractivity contribution in [1.29, 1.82) is 0 Å². The summed E-state index contributed by atoms with van der Waals surface area (Å²) in [7, 11) is 0. The molecule has 3 amide bonds. The van der Waals surface area contributed by atoms with Gasteiger partial charge in [0, 0.05) is 6.54 Å². The van der Waals surface area contributed by atoms with Gasteiger partial charge < -0.3 is 5.32 Å². The number of amides is 3. The van der Waals surface area contributed by atoms with Crippen LogP contribution in [0.3, 0.4) is 0 Å². The lowest BCUT2D eigenvalue weighted by molar-refractivity contribution is -0.125. The molecule has 1 saturated heterocycles. The van der Waals surface area contributed by atoms with Gasteiger partial charge in [-0.2, -0.15) is 0 Å². The van der Waals surface area contributed by atoms with Crippen molar-refractivity contribution in [3.8, 4) is 0 Å². The first kappa shape index (κ1) is 9.49. The van der Waals surface area contributed by atoms with Crippen LogP contribution in [0.25, 0.3) is 0 Å². The number of carbonyl (C=O) groups excluding carboxylic acids is 2. The Labute approximate surface area is 83.6 Å². The minimum absolute atomic E-state index is 0.0745. The van der Waals surface area contributed by atoms with E-state index in [-0.39, 0.29) is 18.5 Å². The van der Waals surface area contributed by atoms with E-state index in [1.54, 1.807) is 0 Å². The minimum atomic E-state index is -0.213. The third kappa shape index (κ3) is 1.74. The number of imide groups is 1. The van der Waals surface area contributed by atoms with Crippen molar-refractivity contribution in [1.82, 2.24) is 10.2 Å². The van der Waals surface area contributed by atoms with Crippen LogP contribution in [0, 0.1) is 11.8 Å². The van der Waals surface area contributed by atoms with Crippen LogP contribution in [0.5, 0.6) is 0 Å². The summed E-state index contributed by atoms with van der Waals surface area (Å²) in [4.78, 5) is 23.9. The molecule has 1 heterocycles. The molecular weight excluding hydrogens is 180 g/mol. The lowest BCUT2D eigenvalue weighted by Crippen LogP contribution is -2.34. The maximum Gasteiger partial charge on any atom is 0.324 e. The molecule has 0 aromatic heterocycles. The molecule has 2 rings (SSSR count). The Morgan fingerprint density at radius 2 is 2.21 bits per heavy atom. The zero-order valence-corrected chi connectivity index (χ0v) is 8.45. The normalized spacial score (nSPS) is 32.5. The third-order valence-electron chi connectivity index (χ3n) is 3.18. The Morgan fingerprint density at radius 1 is 1.43 bits per heavy atom. The van der Waals surface area contributed by atoms with Crippen molar-refractivity contribution in [2.75, 3.05) is 13.1 Å². The van der Waals surface area contributed by atoms with Gasteiger partial charge in [-0.15, -0.1) is 0 Å². The Hall–Kier alpha value is -1.06. The molecule has 0 aromatic carbocycles. The highest BCUT2D eigenvalue weighted by Gasteiger charge is 2.32. The van der Waals surface area contributed by atoms with E-state index in [0.717, 1.165) is 18.8 Å². The number of urea groups is 1. The molecule has 1 N–H and O–H groups in total. The van der Waals surface area contributed by atoms with E-state index in [2.05, 4.69) is 12.2 Å². The maximum atomic E-state index is 11.3. The lowest BCUT2D eigenvalue weighted by Gasteiger charge is -2.17. The molecule has 1 aliphatic heterocycles. The molecule has 0 aromatic rings. The van der Waals surface area contributed by atoms with E-state index in [1.807, 2.05) is 0 Å². The zero-order chi connectivity index (χ0) is 10.1. The van der Waals surface area contributed by atoms with E-state index in [0.29, 0.717) is 12.5 Å². The molecule has 2 atom stereocenters. The summed E-state index contributed by atoms with van der Waals surface area (Å²) in [6.45, 7) is 3.03. The highest BCUT2D eigenvalue weighted by atomic mass is 16.2. The van der Waals surface area contributed by atoms with Gasteiger partial charge in [-0.25, -0.2) is 4.79 Å². The summed E-state index contributed by atoms with van der Waals surface area (Å²) < 4.78 is 0. The predicted octanol–water partition coefficient (Wildman–Crippen LogP) is 0.974. The smallest absolute Gasteiger partial charge is 0.324 e. The quantitative estimate of drug-likeness (QED) is 0.669. The van der Waals surface area contributed by atoms with Crippen LogP contribution in [0.1, 0.15) is 26.2 Å². The van der Waals surface area contributed by atoms with Crippen molar-refractivity contribution in [2.24, 2.45) is 11.8 Å². The minimum Gasteiger partial charge on any atom is -0.329 e. The number of carbonyl (C=O) groups is 2. The first-order chi connectivity index (χ1) is 6.66. The van der Waals surface area contributed by atoms with Crippen LogP contribution in [0.2, 0.25) is 0 Å². The van der Waals surface area contributed by atoms with E-state index in [9.17, 15) is 9.59 Å². The van der Waals surface area contributed by atoms with Crippen molar-refractivity contribution >= 4 is 11.9 Å². The fourth-order valence-electron chi connectivity index (χ4n) is 2.39. The topological polar surface area (TPSA) is 49.4 Å². The van der Waals surface area contributed by atoms with E-state index >= 15 is 0 Å². The Morgan fingerprint density at radius 3 is 2.71 bits per heavy atom. The van der Waals surface area contributed by atoms with E-state index < -0.39 is 0 Å². The summed E-state index contributed by atoms with van der Waals surface area (Å²) in [5.41, 5.74) is 0. The van der Waals surface area contributed by atoms with Crippen LogP contribution in [0.4, 0.5) is 4.79 Å². The standard InChI is InChI=1S/C10H16N2O2/c1-7-2-3-8(4-7)6-12-9(13)5-11-10(12)14/h7-8H,2-6H2,1H3,(H,11,14). The molecule has 14 heavy (non-hydrogen) atoms. The second-order valence-corrected chi connectivity index (χ2v) is 4.45. The molecule has 1 aliphatic carbocycles. The third-order valence-corrected chi connectivity index (χ3v) is 3.18. The van der Waals surface area contributed by atoms with E-state index in [4.69, 9.17) is 0 Å². The molecule has 0 bridgehead atoms. The highest BCUT2D eigenvalue weighted by Crippen LogP contribution is 2.31. The Balaban J connectivity index is 1.90. The molecule has 0 spiro atoms. The predicted molar refractivity (Wildman–Crippen MR) is 51.6 cm³/mol. The second-order valence-electron chi connectivity index (χ2n) is 4.45. The van der Waals surface area contributed by atoms with Gasteiger partial charge in [0.2, 0.25) is 5.91 Å². The Bertz CT molecular complexity index is 249. The van der Waals surface area contributed by atoms with Gasteiger partial charge >= 0.3 is 6.03 Å². The van der Waals surface area contributed by atoms with Crippen LogP contribution in [0.15, 0.2) is 0 Å². The lowest BCUT2D eigenvalue weighted by atomic mass is 10.1. The van der Waals surface area contributed by atoms with Crippen LogP contribution >= 0.6 is 0 Å². The molecule has 2 fully saturated rings. The summed E-state index contributed by atoms with van der Waals surface area (Å²) in [5, 5.41) is 2.54. The van der Waals surface area contributed by atoms with Gasteiger partial charge in [-0.05, 0) is 24.7 Å². The van der Waals surface area contributed by atoms with Crippen molar-refractivity contribution in [3.05, 3.63) is 0 Å². The molecule has 2 aliphatic rings. The molecule has 0 radical (unpaired) electrons. The zero-order valence-electron chi connectivity index (χ0n) is 8.45. The van der Waals surface area contributed by atoms with Crippen LogP contribution in [-0.4, -0.2) is 29.9 Å². The molecular formula is C10H16N2O2. The molecule has 78 valence electrons. The highest BCUT2D eigenvalue weighted by molar-refractivity contribution is 6.01. The monoisotopic (exact) mass is 196 g/mol. The average molecular weight is 196 g/mol. The summed E-state index contributed by atoms with van der Waals surface area (Å²) in [6, 6.07) is -0.213. The fourth-order valence-corrected chi connectivity index (χ4v) is 2.39. The first-order valence-electron chi connectivity index (χ1n) is 5.25. The van der Waals surface area contributed by atoms with Gasteiger partial charge in [0.05, 0.1) is 6.54 Å². The summed E-state index contributed by atoms with van der Waals surface area (Å²) >= 11 is 0. The maximum absolute atomic E-state index is 11.3. The van der Waals surface area contributed by atoms with Crippen molar-refractivity contribution < 1.29 is 9.59 Å². The van der Waals surface area contributed by atoms with Crippen LogP contribution < -0.4 is 5.32 Å². The number of nitrogens with zero attached hydrogens (tertiary/aromatic N) is 1. The first-order valence-corrected chi connectivity index (χ1v) is 5.25. The second kappa shape index (κ2) is 3.59. The van der Waals surface area contributed by atoms with Crippen LogP contribution in [-0.2, 0) is 4.79 Å². The molecule has 4 heteroatoms. The summed E-state index contributed by atoms with van der Waals surface area (Å²) in [5.74, 6) is 1.20. The number of nitrogens with one attached hydrogen (secondary N) is 1. The average Bonchev–Trinajstić information content (AvgIpc) is 2.67. The number of rotatable bonds is 2. The Kier molecular flexibility index (Phi) is 2.44. The van der Waals surface area contributed by atoms with E-state index in [1.165, 1.54) is 11.3 Å². The van der Waals surface area contributed by atoms with Gasteiger partial charge in [-0.1, -0.05) is 13.3 Å². The fraction of sp³-hybridized carbons (Fsp3) is 0.800.